The maximum atomic E-state index is 8.60. The molecule has 0 aromatic rings. The fourth-order valence-electron chi connectivity index (χ4n) is 0.421. The SMILES string of the molecule is CC(=CC#CC=C(C)CO)CO. The van der Waals surface area contributed by atoms with Gasteiger partial charge in [-0.15, -0.1) is 0 Å². The van der Waals surface area contributed by atoms with Gasteiger partial charge in [-0.2, -0.15) is 0 Å². The zero-order valence-corrected chi connectivity index (χ0v) is 7.46. The van der Waals surface area contributed by atoms with Crippen LogP contribution in [0.5, 0.6) is 0 Å². The summed E-state index contributed by atoms with van der Waals surface area (Å²) in [6, 6.07) is 0. The molecule has 0 aliphatic heterocycles. The van der Waals surface area contributed by atoms with Crippen LogP contribution in [0.4, 0.5) is 0 Å². The van der Waals surface area contributed by atoms with Gasteiger partial charge in [0.1, 0.15) is 0 Å². The van der Waals surface area contributed by atoms with Crippen LogP contribution in [-0.4, -0.2) is 23.4 Å². The van der Waals surface area contributed by atoms with Crippen LogP contribution < -0.4 is 0 Å². The topological polar surface area (TPSA) is 40.5 Å². The summed E-state index contributed by atoms with van der Waals surface area (Å²) in [7, 11) is 0. The number of hydrogen-bond donors (Lipinski definition) is 2. The summed E-state index contributed by atoms with van der Waals surface area (Å²) in [5.41, 5.74) is 1.66. The highest BCUT2D eigenvalue weighted by Crippen LogP contribution is 1.88. The van der Waals surface area contributed by atoms with Gasteiger partial charge in [0.15, 0.2) is 0 Å². The number of allylic oxidation sites excluding steroid dienone is 2. The van der Waals surface area contributed by atoms with E-state index >= 15 is 0 Å². The molecular formula is C10H14O2. The Morgan fingerprint density at radius 1 is 1.00 bits per heavy atom. The Balaban J connectivity index is 4.06. The zero-order chi connectivity index (χ0) is 9.40. The van der Waals surface area contributed by atoms with E-state index in [9.17, 15) is 0 Å². The average Bonchev–Trinajstić information content (AvgIpc) is 2.11. The normalized spacial score (nSPS) is 12.3. The van der Waals surface area contributed by atoms with E-state index in [4.69, 9.17) is 10.2 Å². The Hall–Kier alpha value is -1.04. The molecular weight excluding hydrogens is 152 g/mol. The largest absolute Gasteiger partial charge is 0.392 e. The molecule has 0 radical (unpaired) electrons. The molecule has 0 unspecified atom stereocenters. The lowest BCUT2D eigenvalue weighted by molar-refractivity contribution is 0.331. The third-order valence-electron chi connectivity index (χ3n) is 1.22. The van der Waals surface area contributed by atoms with E-state index in [1.165, 1.54) is 0 Å². The van der Waals surface area contributed by atoms with Crippen LogP contribution in [0.1, 0.15) is 13.8 Å². The Morgan fingerprint density at radius 2 is 1.33 bits per heavy atom. The Bertz CT molecular complexity index is 214. The molecule has 0 bridgehead atoms. The quantitative estimate of drug-likeness (QED) is 0.597. The lowest BCUT2D eigenvalue weighted by Gasteiger charge is -1.87. The van der Waals surface area contributed by atoms with Gasteiger partial charge < -0.3 is 10.2 Å². The summed E-state index contributed by atoms with van der Waals surface area (Å²) in [6.45, 7) is 3.68. The third kappa shape index (κ3) is 5.72. The van der Waals surface area contributed by atoms with E-state index in [2.05, 4.69) is 11.8 Å². The highest BCUT2D eigenvalue weighted by molar-refractivity contribution is 5.28. The molecule has 2 N–H and O–H groups in total. The van der Waals surface area contributed by atoms with Gasteiger partial charge in [0.05, 0.1) is 13.2 Å². The van der Waals surface area contributed by atoms with Crippen molar-refractivity contribution in [3.05, 3.63) is 23.3 Å². The predicted molar refractivity (Wildman–Crippen MR) is 49.5 cm³/mol. The van der Waals surface area contributed by atoms with Crippen molar-refractivity contribution < 1.29 is 10.2 Å². The fourth-order valence-corrected chi connectivity index (χ4v) is 0.421. The van der Waals surface area contributed by atoms with Gasteiger partial charge >= 0.3 is 0 Å². The molecule has 0 saturated heterocycles. The molecule has 0 aliphatic rings. The number of rotatable bonds is 2. The van der Waals surface area contributed by atoms with Gasteiger partial charge in [-0.3, -0.25) is 0 Å². The monoisotopic (exact) mass is 166 g/mol. The van der Waals surface area contributed by atoms with Gasteiger partial charge in [0.25, 0.3) is 0 Å². The van der Waals surface area contributed by atoms with Crippen molar-refractivity contribution in [1.29, 1.82) is 0 Å². The van der Waals surface area contributed by atoms with Gasteiger partial charge in [0, 0.05) is 0 Å². The predicted octanol–water partition coefficient (Wildman–Crippen LogP) is 0.867. The maximum Gasteiger partial charge on any atom is 0.0648 e. The molecule has 12 heavy (non-hydrogen) atoms. The van der Waals surface area contributed by atoms with Gasteiger partial charge in [0.2, 0.25) is 0 Å². The summed E-state index contributed by atoms with van der Waals surface area (Å²) in [5, 5.41) is 17.2. The van der Waals surface area contributed by atoms with Crippen LogP contribution >= 0.6 is 0 Å². The van der Waals surface area contributed by atoms with Crippen LogP contribution in [0, 0.1) is 11.8 Å². The number of aliphatic hydroxyl groups excluding tert-OH is 2. The first-order valence-corrected chi connectivity index (χ1v) is 3.74. The average molecular weight is 166 g/mol. The fraction of sp³-hybridized carbons (Fsp3) is 0.400. The lowest BCUT2D eigenvalue weighted by Crippen LogP contribution is -1.82. The van der Waals surface area contributed by atoms with E-state index in [1.54, 1.807) is 26.0 Å². The second-order valence-corrected chi connectivity index (χ2v) is 2.59. The van der Waals surface area contributed by atoms with Crippen molar-refractivity contribution >= 4 is 0 Å². The molecule has 0 atom stereocenters. The number of hydrogen-bond acceptors (Lipinski definition) is 2. The summed E-state index contributed by atoms with van der Waals surface area (Å²) >= 11 is 0. The Morgan fingerprint density at radius 3 is 1.58 bits per heavy atom. The first kappa shape index (κ1) is 11.0. The molecule has 0 aromatic heterocycles. The van der Waals surface area contributed by atoms with E-state index < -0.39 is 0 Å². The van der Waals surface area contributed by atoms with Crippen LogP contribution in [0.15, 0.2) is 23.3 Å². The summed E-state index contributed by atoms with van der Waals surface area (Å²) in [5.74, 6) is 5.48. The van der Waals surface area contributed by atoms with Gasteiger partial charge in [-0.1, -0.05) is 11.8 Å². The Kier molecular flexibility index (Phi) is 6.08. The third-order valence-corrected chi connectivity index (χ3v) is 1.22. The van der Waals surface area contributed by atoms with Gasteiger partial charge in [-0.05, 0) is 37.1 Å². The number of aliphatic hydroxyl groups is 2. The molecule has 66 valence electrons. The smallest absolute Gasteiger partial charge is 0.0648 e. The van der Waals surface area contributed by atoms with Crippen molar-refractivity contribution in [2.45, 2.75) is 13.8 Å². The molecule has 2 heteroatoms. The van der Waals surface area contributed by atoms with Crippen molar-refractivity contribution in [3.63, 3.8) is 0 Å². The molecule has 0 aliphatic carbocycles. The summed E-state index contributed by atoms with van der Waals surface area (Å²) in [6.07, 6.45) is 3.31. The van der Waals surface area contributed by atoms with Crippen molar-refractivity contribution in [2.75, 3.05) is 13.2 Å². The van der Waals surface area contributed by atoms with Crippen LogP contribution in [0.3, 0.4) is 0 Å². The molecule has 0 heterocycles. The van der Waals surface area contributed by atoms with Crippen molar-refractivity contribution in [3.8, 4) is 11.8 Å². The molecule has 0 amide bonds. The molecule has 0 aromatic carbocycles. The second-order valence-electron chi connectivity index (χ2n) is 2.59. The Labute approximate surface area is 73.2 Å². The first-order chi connectivity index (χ1) is 5.70. The minimum atomic E-state index is 0.0391. The van der Waals surface area contributed by atoms with E-state index in [0.717, 1.165) is 11.1 Å². The van der Waals surface area contributed by atoms with E-state index in [0.29, 0.717) is 0 Å². The van der Waals surface area contributed by atoms with Crippen molar-refractivity contribution in [1.82, 2.24) is 0 Å². The molecule has 0 saturated carbocycles. The molecule has 2 nitrogen and oxygen atoms in total. The van der Waals surface area contributed by atoms with Gasteiger partial charge in [-0.25, -0.2) is 0 Å². The van der Waals surface area contributed by atoms with Crippen LogP contribution in [-0.2, 0) is 0 Å². The standard InChI is InChI=1S/C10H14O2/c1-9(7-11)5-3-4-6-10(2)8-12/h5-6,11-12H,7-8H2,1-2H3. The summed E-state index contributed by atoms with van der Waals surface area (Å²) < 4.78 is 0. The first-order valence-electron chi connectivity index (χ1n) is 3.74. The van der Waals surface area contributed by atoms with E-state index in [1.807, 2.05) is 0 Å². The zero-order valence-electron chi connectivity index (χ0n) is 7.46. The maximum absolute atomic E-state index is 8.60. The van der Waals surface area contributed by atoms with Crippen molar-refractivity contribution in [2.24, 2.45) is 0 Å². The second kappa shape index (κ2) is 6.66. The molecule has 0 rings (SSSR count). The minimum absolute atomic E-state index is 0.0391. The van der Waals surface area contributed by atoms with Crippen LogP contribution in [0.2, 0.25) is 0 Å². The molecule has 0 spiro atoms. The lowest BCUT2D eigenvalue weighted by atomic mass is 10.3. The van der Waals surface area contributed by atoms with Crippen LogP contribution in [0.25, 0.3) is 0 Å². The van der Waals surface area contributed by atoms with E-state index in [-0.39, 0.29) is 13.2 Å². The summed E-state index contributed by atoms with van der Waals surface area (Å²) in [4.78, 5) is 0. The highest BCUT2D eigenvalue weighted by Gasteiger charge is 1.80. The minimum Gasteiger partial charge on any atom is -0.392 e. The highest BCUT2D eigenvalue weighted by atomic mass is 16.3. The molecule has 0 fully saturated rings.